The fraction of sp³-hybridized carbons (Fsp3) is 0.182. The van der Waals surface area contributed by atoms with E-state index in [1.807, 2.05) is 19.1 Å². The maximum absolute atomic E-state index is 11.3. The first-order valence-electron chi connectivity index (χ1n) is 4.42. The standard InChI is InChI=1S/C11H10N2O/c1-7-6-9(8(2)14)11-10(13-7)4-3-5-12-11/h3-6H,1-2H3. The van der Waals surface area contributed by atoms with E-state index >= 15 is 0 Å². The van der Waals surface area contributed by atoms with Gasteiger partial charge in [-0.15, -0.1) is 0 Å². The van der Waals surface area contributed by atoms with Crippen molar-refractivity contribution in [3.05, 3.63) is 35.7 Å². The molecule has 3 heteroatoms. The molecule has 0 aliphatic rings. The van der Waals surface area contributed by atoms with Gasteiger partial charge in [0.25, 0.3) is 0 Å². The van der Waals surface area contributed by atoms with Gasteiger partial charge in [0.2, 0.25) is 0 Å². The fourth-order valence-electron chi connectivity index (χ4n) is 1.46. The summed E-state index contributed by atoms with van der Waals surface area (Å²) >= 11 is 0. The molecule has 0 amide bonds. The van der Waals surface area contributed by atoms with E-state index < -0.39 is 0 Å². The fourth-order valence-corrected chi connectivity index (χ4v) is 1.46. The highest BCUT2D eigenvalue weighted by Gasteiger charge is 2.07. The van der Waals surface area contributed by atoms with E-state index in [1.165, 1.54) is 0 Å². The van der Waals surface area contributed by atoms with Crippen LogP contribution in [0.5, 0.6) is 0 Å². The van der Waals surface area contributed by atoms with Crippen molar-refractivity contribution in [3.63, 3.8) is 0 Å². The first kappa shape index (κ1) is 8.81. The Morgan fingerprint density at radius 2 is 2.21 bits per heavy atom. The Balaban J connectivity index is 2.87. The van der Waals surface area contributed by atoms with Crippen molar-refractivity contribution in [2.45, 2.75) is 13.8 Å². The molecule has 0 unspecified atom stereocenters. The number of rotatable bonds is 1. The minimum atomic E-state index is 0.0270. The first-order valence-corrected chi connectivity index (χ1v) is 4.42. The molecule has 0 spiro atoms. The zero-order valence-electron chi connectivity index (χ0n) is 8.11. The topological polar surface area (TPSA) is 42.9 Å². The molecule has 3 nitrogen and oxygen atoms in total. The third-order valence-corrected chi connectivity index (χ3v) is 2.07. The summed E-state index contributed by atoms with van der Waals surface area (Å²) in [5.74, 6) is 0.0270. The summed E-state index contributed by atoms with van der Waals surface area (Å²) in [7, 11) is 0. The van der Waals surface area contributed by atoms with Crippen LogP contribution in [0.25, 0.3) is 11.0 Å². The van der Waals surface area contributed by atoms with Crippen molar-refractivity contribution in [1.82, 2.24) is 9.97 Å². The molecule has 0 aliphatic heterocycles. The van der Waals surface area contributed by atoms with Crippen molar-refractivity contribution < 1.29 is 4.79 Å². The van der Waals surface area contributed by atoms with Gasteiger partial charge < -0.3 is 0 Å². The quantitative estimate of drug-likeness (QED) is 0.641. The lowest BCUT2D eigenvalue weighted by Crippen LogP contribution is -1.98. The Labute approximate surface area is 81.8 Å². The van der Waals surface area contributed by atoms with E-state index in [2.05, 4.69) is 9.97 Å². The zero-order valence-corrected chi connectivity index (χ0v) is 8.11. The summed E-state index contributed by atoms with van der Waals surface area (Å²) in [6.45, 7) is 3.42. The van der Waals surface area contributed by atoms with Gasteiger partial charge in [0, 0.05) is 17.5 Å². The molecule has 70 valence electrons. The van der Waals surface area contributed by atoms with E-state index in [4.69, 9.17) is 0 Å². The number of aromatic nitrogens is 2. The highest BCUT2D eigenvalue weighted by atomic mass is 16.1. The number of hydrogen-bond acceptors (Lipinski definition) is 3. The Bertz CT molecular complexity index is 506. The Morgan fingerprint density at radius 1 is 1.43 bits per heavy atom. The van der Waals surface area contributed by atoms with Crippen LogP contribution in [0.4, 0.5) is 0 Å². The summed E-state index contributed by atoms with van der Waals surface area (Å²) in [5, 5.41) is 0. The van der Waals surface area contributed by atoms with Gasteiger partial charge in [-0.2, -0.15) is 0 Å². The van der Waals surface area contributed by atoms with E-state index in [-0.39, 0.29) is 5.78 Å². The number of Topliss-reactive ketones (excluding diaryl/α,β-unsaturated/α-hetero) is 1. The number of aryl methyl sites for hydroxylation is 1. The number of carbonyl (C=O) groups excluding carboxylic acids is 1. The molecule has 0 saturated heterocycles. The molecule has 2 aromatic heterocycles. The number of fused-ring (bicyclic) bond motifs is 1. The van der Waals surface area contributed by atoms with Crippen LogP contribution in [0.15, 0.2) is 24.4 Å². The molecule has 2 rings (SSSR count). The van der Waals surface area contributed by atoms with Crippen LogP contribution >= 0.6 is 0 Å². The van der Waals surface area contributed by atoms with Gasteiger partial charge in [-0.1, -0.05) is 0 Å². The average Bonchev–Trinajstić information content (AvgIpc) is 2.16. The molecule has 0 aliphatic carbocycles. The van der Waals surface area contributed by atoms with E-state index in [9.17, 15) is 4.79 Å². The molecule has 0 atom stereocenters. The normalized spacial score (nSPS) is 10.4. The largest absolute Gasteiger partial charge is 0.294 e. The Kier molecular flexibility index (Phi) is 2.00. The van der Waals surface area contributed by atoms with Gasteiger partial charge in [-0.05, 0) is 32.0 Å². The van der Waals surface area contributed by atoms with Gasteiger partial charge in [0.05, 0.1) is 11.0 Å². The third-order valence-electron chi connectivity index (χ3n) is 2.07. The third kappa shape index (κ3) is 1.37. The van der Waals surface area contributed by atoms with Crippen LogP contribution < -0.4 is 0 Å². The number of ketones is 1. The summed E-state index contributed by atoms with van der Waals surface area (Å²) in [6, 6.07) is 5.46. The predicted molar refractivity (Wildman–Crippen MR) is 54.3 cm³/mol. The molecule has 0 N–H and O–H groups in total. The van der Waals surface area contributed by atoms with Crippen molar-refractivity contribution in [1.29, 1.82) is 0 Å². The summed E-state index contributed by atoms with van der Waals surface area (Å²) in [4.78, 5) is 19.8. The molecule has 0 fully saturated rings. The summed E-state index contributed by atoms with van der Waals surface area (Å²) in [5.41, 5.74) is 2.95. The molecule has 14 heavy (non-hydrogen) atoms. The van der Waals surface area contributed by atoms with Crippen molar-refractivity contribution in [2.75, 3.05) is 0 Å². The summed E-state index contributed by atoms with van der Waals surface area (Å²) in [6.07, 6.45) is 1.67. The monoisotopic (exact) mass is 186 g/mol. The smallest absolute Gasteiger partial charge is 0.162 e. The second-order valence-corrected chi connectivity index (χ2v) is 3.24. The minimum absolute atomic E-state index is 0.0270. The number of nitrogens with zero attached hydrogens (tertiary/aromatic N) is 2. The molecule has 2 aromatic rings. The van der Waals surface area contributed by atoms with E-state index in [1.54, 1.807) is 19.2 Å². The summed E-state index contributed by atoms with van der Waals surface area (Å²) < 4.78 is 0. The lowest BCUT2D eigenvalue weighted by Gasteiger charge is -2.02. The zero-order chi connectivity index (χ0) is 10.1. The second kappa shape index (κ2) is 3.18. The van der Waals surface area contributed by atoms with Gasteiger partial charge >= 0.3 is 0 Å². The molecule has 0 saturated carbocycles. The second-order valence-electron chi connectivity index (χ2n) is 3.24. The van der Waals surface area contributed by atoms with E-state index in [0.29, 0.717) is 11.1 Å². The Morgan fingerprint density at radius 3 is 2.93 bits per heavy atom. The maximum atomic E-state index is 11.3. The maximum Gasteiger partial charge on any atom is 0.162 e. The molecule has 2 heterocycles. The van der Waals surface area contributed by atoms with Gasteiger partial charge in [-0.3, -0.25) is 14.8 Å². The number of pyridine rings is 2. The van der Waals surface area contributed by atoms with Crippen LogP contribution in [0.1, 0.15) is 23.0 Å². The predicted octanol–water partition coefficient (Wildman–Crippen LogP) is 2.14. The van der Waals surface area contributed by atoms with Crippen LogP contribution in [0, 0.1) is 6.92 Å². The van der Waals surface area contributed by atoms with Crippen molar-refractivity contribution in [3.8, 4) is 0 Å². The number of hydrogen-bond donors (Lipinski definition) is 0. The molecule has 0 bridgehead atoms. The minimum Gasteiger partial charge on any atom is -0.294 e. The van der Waals surface area contributed by atoms with Gasteiger partial charge in [0.15, 0.2) is 5.78 Å². The SMILES string of the molecule is CC(=O)c1cc(C)nc2cccnc12. The van der Waals surface area contributed by atoms with Crippen molar-refractivity contribution in [2.24, 2.45) is 0 Å². The first-order chi connectivity index (χ1) is 6.68. The van der Waals surface area contributed by atoms with Crippen LogP contribution in [0.3, 0.4) is 0 Å². The lowest BCUT2D eigenvalue weighted by atomic mass is 10.1. The molecular weight excluding hydrogens is 176 g/mol. The highest BCUT2D eigenvalue weighted by Crippen LogP contribution is 2.15. The molecule has 0 radical (unpaired) electrons. The number of carbonyl (C=O) groups is 1. The van der Waals surface area contributed by atoms with Crippen LogP contribution in [-0.2, 0) is 0 Å². The highest BCUT2D eigenvalue weighted by molar-refractivity contribution is 6.04. The van der Waals surface area contributed by atoms with Gasteiger partial charge in [0.1, 0.15) is 0 Å². The lowest BCUT2D eigenvalue weighted by molar-refractivity contribution is 0.101. The molecule has 0 aromatic carbocycles. The molecular formula is C11H10N2O. The Hall–Kier alpha value is -1.77. The van der Waals surface area contributed by atoms with E-state index in [0.717, 1.165) is 11.2 Å². The average molecular weight is 186 g/mol. The van der Waals surface area contributed by atoms with Crippen molar-refractivity contribution >= 4 is 16.8 Å². The van der Waals surface area contributed by atoms with Crippen LogP contribution in [-0.4, -0.2) is 15.8 Å². The van der Waals surface area contributed by atoms with Gasteiger partial charge in [-0.25, -0.2) is 0 Å². The van der Waals surface area contributed by atoms with Crippen LogP contribution in [0.2, 0.25) is 0 Å².